The summed E-state index contributed by atoms with van der Waals surface area (Å²) >= 11 is 0. The van der Waals surface area contributed by atoms with Crippen LogP contribution in [0.4, 0.5) is 0 Å². The molecule has 0 fully saturated rings. The van der Waals surface area contributed by atoms with Crippen LogP contribution in [0.1, 0.15) is 62.7 Å². The maximum absolute atomic E-state index is 13.1. The summed E-state index contributed by atoms with van der Waals surface area (Å²) in [5, 5.41) is 21.5. The maximum atomic E-state index is 13.1. The number of phenolic OH excluding ortho intramolecular Hbond substituents is 1. The summed E-state index contributed by atoms with van der Waals surface area (Å²) in [5.41, 5.74) is 1.24. The van der Waals surface area contributed by atoms with Gasteiger partial charge in [-0.25, -0.2) is 0 Å². The van der Waals surface area contributed by atoms with Gasteiger partial charge in [0.15, 0.2) is 11.6 Å². The van der Waals surface area contributed by atoms with Crippen LogP contribution in [0.25, 0.3) is 0 Å². The van der Waals surface area contributed by atoms with Gasteiger partial charge in [0, 0.05) is 23.1 Å². The van der Waals surface area contributed by atoms with Gasteiger partial charge in [-0.15, -0.1) is 0 Å². The summed E-state index contributed by atoms with van der Waals surface area (Å²) < 4.78 is 5.26. The lowest BCUT2D eigenvalue weighted by Crippen LogP contribution is -2.35. The van der Waals surface area contributed by atoms with Gasteiger partial charge in [-0.3, -0.25) is 9.59 Å². The number of carbonyl (C=O) groups excluding carboxylic acids is 2. The summed E-state index contributed by atoms with van der Waals surface area (Å²) in [6, 6.07) is 6.57. The minimum Gasteiger partial charge on any atom is -0.507 e. The van der Waals surface area contributed by atoms with Crippen LogP contribution in [0.2, 0.25) is 0 Å². The molecule has 0 spiro atoms. The number of aromatic hydroxyl groups is 1. The number of carbonyl (C=O) groups is 2. The van der Waals surface area contributed by atoms with E-state index in [0.717, 1.165) is 5.56 Å². The predicted molar refractivity (Wildman–Crippen MR) is 95.2 cm³/mol. The average Bonchev–Trinajstić information content (AvgIpc) is 2.66. The van der Waals surface area contributed by atoms with Crippen LogP contribution in [-0.4, -0.2) is 34.5 Å². The minimum atomic E-state index is -0.887. The molecule has 0 heterocycles. The quantitative estimate of drug-likeness (QED) is 0.741. The number of hydrogen-bond acceptors (Lipinski definition) is 5. The van der Waals surface area contributed by atoms with Gasteiger partial charge < -0.3 is 14.9 Å². The molecule has 2 aromatic rings. The van der Waals surface area contributed by atoms with Crippen LogP contribution in [0, 0.1) is 0 Å². The molecule has 2 aromatic carbocycles. The second-order valence-electron chi connectivity index (χ2n) is 7.08. The molecule has 2 aliphatic carbocycles. The molecule has 0 aromatic heterocycles. The zero-order chi connectivity index (χ0) is 18.6. The van der Waals surface area contributed by atoms with Crippen LogP contribution in [0.3, 0.4) is 0 Å². The van der Waals surface area contributed by atoms with E-state index in [9.17, 15) is 19.8 Å². The molecule has 134 valence electrons. The van der Waals surface area contributed by atoms with Crippen LogP contribution >= 0.6 is 0 Å². The summed E-state index contributed by atoms with van der Waals surface area (Å²) in [6.07, 6.45) is 1.97. The van der Waals surface area contributed by atoms with Gasteiger partial charge in [0.1, 0.15) is 11.5 Å². The van der Waals surface area contributed by atoms with Crippen LogP contribution in [-0.2, 0) is 12.8 Å². The largest absolute Gasteiger partial charge is 0.507 e. The van der Waals surface area contributed by atoms with Crippen molar-refractivity contribution in [3.8, 4) is 11.5 Å². The molecule has 0 radical (unpaired) electrons. The fourth-order valence-corrected chi connectivity index (χ4v) is 4.07. The van der Waals surface area contributed by atoms with Gasteiger partial charge in [-0.2, -0.15) is 0 Å². The molecule has 1 atom stereocenters. The number of rotatable bonds is 2. The van der Waals surface area contributed by atoms with Crippen LogP contribution in [0.5, 0.6) is 11.5 Å². The normalized spacial score (nSPS) is 21.0. The lowest BCUT2D eigenvalue weighted by atomic mass is 9.74. The number of hydrogen-bond donors (Lipinski definition) is 2. The maximum Gasteiger partial charge on any atom is 0.198 e. The number of ether oxygens (including phenoxy) is 1. The first kappa shape index (κ1) is 16.8. The lowest BCUT2D eigenvalue weighted by molar-refractivity contribution is 0.0219. The molecular weight excluding hydrogens is 332 g/mol. The van der Waals surface area contributed by atoms with Crippen molar-refractivity contribution in [3.63, 3.8) is 0 Å². The predicted octanol–water partition coefficient (Wildman–Crippen LogP) is 2.81. The summed E-state index contributed by atoms with van der Waals surface area (Å²) in [5.74, 6) is -0.527. The zero-order valence-corrected chi connectivity index (χ0v) is 14.8. The van der Waals surface area contributed by atoms with Crippen molar-refractivity contribution < 1.29 is 24.5 Å². The van der Waals surface area contributed by atoms with E-state index < -0.39 is 5.60 Å². The highest BCUT2D eigenvalue weighted by molar-refractivity contribution is 6.30. The van der Waals surface area contributed by atoms with Gasteiger partial charge in [-0.05, 0) is 37.0 Å². The average molecular weight is 352 g/mol. The van der Waals surface area contributed by atoms with Gasteiger partial charge in [0.25, 0.3) is 0 Å². The molecule has 2 N–H and O–H groups in total. The van der Waals surface area contributed by atoms with Gasteiger partial charge in [0.05, 0.1) is 23.8 Å². The third kappa shape index (κ3) is 2.20. The highest BCUT2D eigenvalue weighted by atomic mass is 16.5. The zero-order valence-electron chi connectivity index (χ0n) is 14.8. The summed E-state index contributed by atoms with van der Waals surface area (Å²) in [6.45, 7) is 1.90. The highest BCUT2D eigenvalue weighted by Gasteiger charge is 2.39. The number of aryl methyl sites for hydroxylation is 1. The lowest BCUT2D eigenvalue weighted by Gasteiger charge is -2.34. The molecule has 0 amide bonds. The van der Waals surface area contributed by atoms with E-state index >= 15 is 0 Å². The molecule has 0 aliphatic heterocycles. The second-order valence-corrected chi connectivity index (χ2v) is 7.08. The number of methoxy groups -OCH3 is 1. The first-order valence-corrected chi connectivity index (χ1v) is 8.76. The Bertz CT molecular complexity index is 959. The fourth-order valence-electron chi connectivity index (χ4n) is 4.07. The van der Waals surface area contributed by atoms with Crippen molar-refractivity contribution in [1.29, 1.82) is 0 Å². The molecule has 0 bridgehead atoms. The molecule has 2 aliphatic rings. The van der Waals surface area contributed by atoms with Gasteiger partial charge in [0.2, 0.25) is 0 Å². The highest BCUT2D eigenvalue weighted by Crippen LogP contribution is 2.43. The fraction of sp³-hybridized carbons (Fsp3) is 0.333. The molecule has 0 saturated heterocycles. The Morgan fingerprint density at radius 1 is 1.15 bits per heavy atom. The van der Waals surface area contributed by atoms with Gasteiger partial charge >= 0.3 is 0 Å². The summed E-state index contributed by atoms with van der Waals surface area (Å²) in [7, 11) is 1.46. The van der Waals surface area contributed by atoms with Crippen molar-refractivity contribution >= 4 is 11.6 Å². The van der Waals surface area contributed by atoms with E-state index in [0.29, 0.717) is 30.6 Å². The first-order valence-electron chi connectivity index (χ1n) is 8.76. The number of aliphatic hydroxyl groups is 1. The molecule has 0 saturated carbocycles. The van der Waals surface area contributed by atoms with E-state index in [1.807, 2.05) is 6.92 Å². The Balaban J connectivity index is 1.94. The standard InChI is InChI=1S/C21H20O5/c1-3-21(25)8-7-11-9-13-17(20(24)14(11)10-21)18(22)12-5-4-6-15(26-2)16(12)19(13)23/h4-6,9,24-25H,3,7-8,10H2,1-2H3. The topological polar surface area (TPSA) is 83.8 Å². The molecular formula is C21H20O5. The Hall–Kier alpha value is -2.66. The third-order valence-corrected chi connectivity index (χ3v) is 5.71. The van der Waals surface area contributed by atoms with E-state index in [1.54, 1.807) is 24.3 Å². The number of fused-ring (bicyclic) bond motifs is 3. The molecule has 5 heteroatoms. The number of benzene rings is 2. The van der Waals surface area contributed by atoms with E-state index in [-0.39, 0.29) is 46.0 Å². The van der Waals surface area contributed by atoms with Crippen molar-refractivity contribution in [2.24, 2.45) is 0 Å². The van der Waals surface area contributed by atoms with E-state index in [1.165, 1.54) is 7.11 Å². The smallest absolute Gasteiger partial charge is 0.198 e. The van der Waals surface area contributed by atoms with Crippen LogP contribution < -0.4 is 4.74 Å². The van der Waals surface area contributed by atoms with Crippen LogP contribution in [0.15, 0.2) is 24.3 Å². The molecule has 4 rings (SSSR count). The summed E-state index contributed by atoms with van der Waals surface area (Å²) in [4.78, 5) is 26.1. The van der Waals surface area contributed by atoms with E-state index in [4.69, 9.17) is 4.74 Å². The number of ketones is 2. The Labute approximate surface area is 151 Å². The van der Waals surface area contributed by atoms with Crippen molar-refractivity contribution in [3.05, 3.63) is 57.6 Å². The Kier molecular flexibility index (Phi) is 3.66. The molecule has 5 nitrogen and oxygen atoms in total. The first-order chi connectivity index (χ1) is 12.4. The molecule has 1 unspecified atom stereocenters. The monoisotopic (exact) mass is 352 g/mol. The third-order valence-electron chi connectivity index (χ3n) is 5.71. The van der Waals surface area contributed by atoms with Crippen molar-refractivity contribution in [2.75, 3.05) is 7.11 Å². The van der Waals surface area contributed by atoms with E-state index in [2.05, 4.69) is 0 Å². The SMILES string of the molecule is CCC1(O)CCc2cc3c(c(O)c2C1)C(=O)c1cccc(OC)c1C3=O. The van der Waals surface area contributed by atoms with Crippen molar-refractivity contribution in [1.82, 2.24) is 0 Å². The van der Waals surface area contributed by atoms with Crippen molar-refractivity contribution in [2.45, 2.75) is 38.2 Å². The Morgan fingerprint density at radius 2 is 1.88 bits per heavy atom. The molecule has 26 heavy (non-hydrogen) atoms. The van der Waals surface area contributed by atoms with Gasteiger partial charge in [-0.1, -0.05) is 19.1 Å². The number of phenols is 1. The second kappa shape index (κ2) is 5.68. The minimum absolute atomic E-state index is 0.0369. The Morgan fingerprint density at radius 3 is 2.58 bits per heavy atom.